The smallest absolute Gasteiger partial charge is 0.264 e. The first-order valence-electron chi connectivity index (χ1n) is 11.5. The molecule has 0 unspecified atom stereocenters. The molecule has 0 atom stereocenters. The van der Waals surface area contributed by atoms with E-state index < -0.39 is 11.5 Å². The SMILES string of the molecule is CCCCc1[nH]c(=O)c(C(=N)OC(=N)Cc2noc3ccccc23)c(O)c1-c1c(C)cccc1C. The van der Waals surface area contributed by atoms with Gasteiger partial charge in [-0.2, -0.15) is 0 Å². The summed E-state index contributed by atoms with van der Waals surface area (Å²) in [5.41, 5.74) is 3.93. The van der Waals surface area contributed by atoms with Crippen molar-refractivity contribution in [2.24, 2.45) is 0 Å². The van der Waals surface area contributed by atoms with Crippen LogP contribution in [0.5, 0.6) is 5.75 Å². The first-order chi connectivity index (χ1) is 16.8. The van der Waals surface area contributed by atoms with Gasteiger partial charge in [0.05, 0.1) is 6.42 Å². The molecule has 4 aromatic rings. The fourth-order valence-corrected chi connectivity index (χ4v) is 4.30. The molecule has 0 radical (unpaired) electrons. The average molecular weight is 473 g/mol. The quantitative estimate of drug-likeness (QED) is 0.211. The standard InChI is InChI=1S/C27H28N4O4/c1-4-5-12-18-23(22-15(2)9-8-10-16(22)3)25(32)24(27(33)30-18)26(29)34-21(28)14-19-17-11-6-7-13-20(17)35-31-19/h6-11,13,28-29H,4-5,12,14H2,1-3H3,(H2,30,32,33). The summed E-state index contributed by atoms with van der Waals surface area (Å²) in [7, 11) is 0. The van der Waals surface area contributed by atoms with E-state index in [1.54, 1.807) is 6.07 Å². The van der Waals surface area contributed by atoms with Crippen LogP contribution in [0.15, 0.2) is 51.8 Å². The maximum atomic E-state index is 13.0. The van der Waals surface area contributed by atoms with Crippen LogP contribution in [0.3, 0.4) is 0 Å². The summed E-state index contributed by atoms with van der Waals surface area (Å²) in [5, 5.41) is 32.7. The highest BCUT2D eigenvalue weighted by Gasteiger charge is 2.25. The van der Waals surface area contributed by atoms with Crippen LogP contribution in [0.25, 0.3) is 22.1 Å². The van der Waals surface area contributed by atoms with Crippen molar-refractivity contribution in [2.75, 3.05) is 0 Å². The lowest BCUT2D eigenvalue weighted by atomic mass is 9.91. The number of hydrogen-bond acceptors (Lipinski definition) is 7. The van der Waals surface area contributed by atoms with E-state index in [4.69, 9.17) is 20.1 Å². The molecule has 2 aromatic heterocycles. The molecule has 0 aliphatic carbocycles. The molecule has 8 heteroatoms. The van der Waals surface area contributed by atoms with E-state index in [2.05, 4.69) is 17.1 Å². The summed E-state index contributed by atoms with van der Waals surface area (Å²) in [6.07, 6.45) is 2.29. The zero-order valence-corrected chi connectivity index (χ0v) is 20.0. The molecule has 0 fully saturated rings. The number of aromatic hydroxyl groups is 1. The Morgan fingerprint density at radius 3 is 2.51 bits per heavy atom. The number of ether oxygens (including phenoxy) is 1. The van der Waals surface area contributed by atoms with E-state index in [-0.39, 0.29) is 23.6 Å². The lowest BCUT2D eigenvalue weighted by Gasteiger charge is -2.18. The number of hydrogen-bond donors (Lipinski definition) is 4. The van der Waals surface area contributed by atoms with E-state index in [1.807, 2.05) is 50.2 Å². The third-order valence-electron chi connectivity index (χ3n) is 6.01. The zero-order valence-electron chi connectivity index (χ0n) is 20.0. The second kappa shape index (κ2) is 9.97. The molecule has 0 aliphatic heterocycles. The van der Waals surface area contributed by atoms with Gasteiger partial charge in [0, 0.05) is 16.6 Å². The van der Waals surface area contributed by atoms with Crippen LogP contribution >= 0.6 is 0 Å². The number of aromatic amines is 1. The number of nitrogens with zero attached hydrogens (tertiary/aromatic N) is 1. The van der Waals surface area contributed by atoms with E-state index >= 15 is 0 Å². The van der Waals surface area contributed by atoms with Crippen molar-refractivity contribution in [3.05, 3.63) is 80.9 Å². The number of aryl methyl sites for hydroxylation is 3. The first-order valence-corrected chi connectivity index (χ1v) is 11.5. The molecule has 8 nitrogen and oxygen atoms in total. The van der Waals surface area contributed by atoms with Gasteiger partial charge >= 0.3 is 0 Å². The fraction of sp³-hybridized carbons (Fsp3) is 0.259. The maximum Gasteiger partial charge on any atom is 0.264 e. The Labute approximate surface area is 202 Å². The van der Waals surface area contributed by atoms with Crippen LogP contribution in [0.4, 0.5) is 0 Å². The Balaban J connectivity index is 1.70. The number of pyridine rings is 1. The van der Waals surface area contributed by atoms with E-state index in [9.17, 15) is 9.90 Å². The van der Waals surface area contributed by atoms with Gasteiger partial charge in [0.2, 0.25) is 5.90 Å². The highest BCUT2D eigenvalue weighted by Crippen LogP contribution is 2.38. The summed E-state index contributed by atoms with van der Waals surface area (Å²) >= 11 is 0. The number of H-pyrrole nitrogens is 1. The minimum Gasteiger partial charge on any atom is -0.506 e. The van der Waals surface area contributed by atoms with Crippen molar-refractivity contribution in [1.29, 1.82) is 10.8 Å². The second-order valence-electron chi connectivity index (χ2n) is 8.56. The molecule has 180 valence electrons. The summed E-state index contributed by atoms with van der Waals surface area (Å²) < 4.78 is 10.7. The lowest BCUT2D eigenvalue weighted by molar-refractivity contribution is 0.444. The average Bonchev–Trinajstić information content (AvgIpc) is 3.21. The molecule has 2 aromatic carbocycles. The van der Waals surface area contributed by atoms with Crippen molar-refractivity contribution < 1.29 is 14.4 Å². The van der Waals surface area contributed by atoms with Gasteiger partial charge in [0.1, 0.15) is 17.0 Å². The minimum atomic E-state index is -0.631. The number of rotatable bonds is 7. The third kappa shape index (κ3) is 4.73. The number of benzene rings is 2. The molecule has 35 heavy (non-hydrogen) atoms. The van der Waals surface area contributed by atoms with Gasteiger partial charge in [-0.25, -0.2) is 0 Å². The Kier molecular flexibility index (Phi) is 6.82. The van der Waals surface area contributed by atoms with Crippen molar-refractivity contribution >= 4 is 22.8 Å². The molecule has 4 N–H and O–H groups in total. The number of nitrogens with one attached hydrogen (secondary N) is 3. The summed E-state index contributed by atoms with van der Waals surface area (Å²) in [5.74, 6) is -1.21. The van der Waals surface area contributed by atoms with Gasteiger partial charge in [0.25, 0.3) is 5.56 Å². The molecule has 0 amide bonds. The Morgan fingerprint density at radius 2 is 1.80 bits per heavy atom. The van der Waals surface area contributed by atoms with E-state index in [1.165, 1.54) is 0 Å². The molecule has 0 saturated heterocycles. The van der Waals surface area contributed by atoms with Crippen molar-refractivity contribution in [3.63, 3.8) is 0 Å². The molecule has 0 bridgehead atoms. The molecular formula is C27H28N4O4. The minimum absolute atomic E-state index is 0.0313. The predicted molar refractivity (Wildman–Crippen MR) is 136 cm³/mol. The highest BCUT2D eigenvalue weighted by molar-refractivity contribution is 6.03. The number of unbranched alkanes of at least 4 members (excludes halogenated alkanes) is 1. The van der Waals surface area contributed by atoms with Crippen LogP contribution < -0.4 is 5.56 Å². The first kappa shape index (κ1) is 23.9. The maximum absolute atomic E-state index is 13.0. The van der Waals surface area contributed by atoms with Gasteiger partial charge in [-0.1, -0.05) is 48.8 Å². The lowest BCUT2D eigenvalue weighted by Crippen LogP contribution is -2.24. The topological polar surface area (TPSA) is 136 Å². The predicted octanol–water partition coefficient (Wildman–Crippen LogP) is 5.41. The third-order valence-corrected chi connectivity index (χ3v) is 6.01. The van der Waals surface area contributed by atoms with Crippen molar-refractivity contribution in [2.45, 2.75) is 46.5 Å². The van der Waals surface area contributed by atoms with Crippen molar-refractivity contribution in [1.82, 2.24) is 10.1 Å². The van der Waals surface area contributed by atoms with Gasteiger partial charge in [-0.3, -0.25) is 15.6 Å². The Morgan fingerprint density at radius 1 is 1.09 bits per heavy atom. The summed E-state index contributed by atoms with van der Waals surface area (Å²) in [6.45, 7) is 5.93. The van der Waals surface area contributed by atoms with Crippen LogP contribution in [-0.2, 0) is 17.6 Å². The van der Waals surface area contributed by atoms with Gasteiger partial charge in [-0.05, 0) is 55.5 Å². The number of para-hydroxylation sites is 1. The summed E-state index contributed by atoms with van der Waals surface area (Å²) in [4.78, 5) is 15.8. The van der Waals surface area contributed by atoms with Crippen LogP contribution in [0, 0.1) is 24.7 Å². The molecule has 2 heterocycles. The summed E-state index contributed by atoms with van der Waals surface area (Å²) in [6, 6.07) is 13.1. The second-order valence-corrected chi connectivity index (χ2v) is 8.56. The monoisotopic (exact) mass is 472 g/mol. The molecule has 4 rings (SSSR count). The van der Waals surface area contributed by atoms with Crippen LogP contribution in [0.2, 0.25) is 0 Å². The van der Waals surface area contributed by atoms with Gasteiger partial charge in [-0.15, -0.1) is 0 Å². The van der Waals surface area contributed by atoms with Crippen LogP contribution in [0.1, 0.15) is 47.8 Å². The molecule has 0 aliphatic rings. The van der Waals surface area contributed by atoms with Gasteiger partial charge in [0.15, 0.2) is 11.5 Å². The number of aromatic nitrogens is 2. The fourth-order valence-electron chi connectivity index (χ4n) is 4.30. The Hall–Kier alpha value is -4.20. The Bertz CT molecular complexity index is 1460. The van der Waals surface area contributed by atoms with Crippen LogP contribution in [-0.4, -0.2) is 27.0 Å². The van der Waals surface area contributed by atoms with E-state index in [0.717, 1.165) is 34.9 Å². The normalized spacial score (nSPS) is 11.1. The van der Waals surface area contributed by atoms with Gasteiger partial charge < -0.3 is 19.4 Å². The molecular weight excluding hydrogens is 444 g/mol. The zero-order chi connectivity index (χ0) is 25.1. The van der Waals surface area contributed by atoms with E-state index in [0.29, 0.717) is 29.0 Å². The highest BCUT2D eigenvalue weighted by atomic mass is 16.5. The van der Waals surface area contributed by atoms with Crippen molar-refractivity contribution in [3.8, 4) is 16.9 Å². The molecule has 0 saturated carbocycles. The molecule has 0 spiro atoms. The number of fused-ring (bicyclic) bond motifs is 1. The largest absolute Gasteiger partial charge is 0.506 e.